The number of hydrogen-bond acceptors (Lipinski definition) is 3. The molecule has 1 aliphatic heterocycles. The SMILES string of the molecule is Cc1cn(C2CC2)c(N2CC(CN)CCC2C)n1. The number of hydrogen-bond donors (Lipinski definition) is 1. The molecule has 2 unspecified atom stereocenters. The Morgan fingerprint density at radius 3 is 2.78 bits per heavy atom. The Morgan fingerprint density at radius 2 is 2.11 bits per heavy atom. The number of nitrogens with zero attached hydrogens (tertiary/aromatic N) is 3. The van der Waals surface area contributed by atoms with Crippen LogP contribution in [0, 0.1) is 12.8 Å². The predicted molar refractivity (Wildman–Crippen MR) is 73.8 cm³/mol. The van der Waals surface area contributed by atoms with Gasteiger partial charge in [-0.2, -0.15) is 0 Å². The van der Waals surface area contributed by atoms with Crippen molar-refractivity contribution in [2.75, 3.05) is 18.0 Å². The lowest BCUT2D eigenvalue weighted by molar-refractivity contribution is 0.366. The summed E-state index contributed by atoms with van der Waals surface area (Å²) < 4.78 is 2.39. The summed E-state index contributed by atoms with van der Waals surface area (Å²) in [6.45, 7) is 6.28. The minimum Gasteiger partial charge on any atom is -0.339 e. The van der Waals surface area contributed by atoms with Gasteiger partial charge in [0.25, 0.3) is 0 Å². The fourth-order valence-electron chi connectivity index (χ4n) is 2.99. The summed E-state index contributed by atoms with van der Waals surface area (Å²) in [5, 5.41) is 0. The van der Waals surface area contributed by atoms with Gasteiger partial charge in [-0.15, -0.1) is 0 Å². The lowest BCUT2D eigenvalue weighted by Crippen LogP contribution is -2.45. The first-order valence-electron chi connectivity index (χ1n) is 7.21. The highest BCUT2D eigenvalue weighted by atomic mass is 15.3. The van der Waals surface area contributed by atoms with E-state index in [1.165, 1.54) is 31.6 Å². The molecule has 100 valence electrons. The van der Waals surface area contributed by atoms with E-state index in [4.69, 9.17) is 10.7 Å². The van der Waals surface area contributed by atoms with E-state index in [0.717, 1.165) is 18.8 Å². The molecular weight excluding hydrogens is 224 g/mol. The smallest absolute Gasteiger partial charge is 0.206 e. The van der Waals surface area contributed by atoms with E-state index in [0.29, 0.717) is 18.0 Å². The lowest BCUT2D eigenvalue weighted by Gasteiger charge is -2.38. The van der Waals surface area contributed by atoms with Crippen LogP contribution in [0.5, 0.6) is 0 Å². The third kappa shape index (κ3) is 2.14. The van der Waals surface area contributed by atoms with Gasteiger partial charge in [-0.1, -0.05) is 0 Å². The topological polar surface area (TPSA) is 47.1 Å². The standard InChI is InChI=1S/C14H24N4/c1-10-8-18(13-5-6-13)14(16-10)17-9-12(7-15)4-3-11(17)2/h8,11-13H,3-7,9,15H2,1-2H3. The van der Waals surface area contributed by atoms with E-state index >= 15 is 0 Å². The van der Waals surface area contributed by atoms with Gasteiger partial charge in [-0.25, -0.2) is 4.98 Å². The summed E-state index contributed by atoms with van der Waals surface area (Å²) in [4.78, 5) is 7.24. The van der Waals surface area contributed by atoms with Gasteiger partial charge in [0, 0.05) is 24.8 Å². The first-order chi connectivity index (χ1) is 8.69. The number of imidazole rings is 1. The Kier molecular flexibility index (Phi) is 3.06. The highest BCUT2D eigenvalue weighted by Gasteiger charge is 2.32. The second kappa shape index (κ2) is 4.57. The molecule has 0 spiro atoms. The highest BCUT2D eigenvalue weighted by molar-refractivity contribution is 5.37. The Labute approximate surface area is 109 Å². The quantitative estimate of drug-likeness (QED) is 0.891. The van der Waals surface area contributed by atoms with Gasteiger partial charge in [-0.05, 0) is 52.0 Å². The van der Waals surface area contributed by atoms with Crippen molar-refractivity contribution in [2.45, 2.75) is 51.6 Å². The second-order valence-corrected chi connectivity index (χ2v) is 6.00. The van der Waals surface area contributed by atoms with E-state index < -0.39 is 0 Å². The van der Waals surface area contributed by atoms with E-state index in [1.54, 1.807) is 0 Å². The fraction of sp³-hybridized carbons (Fsp3) is 0.786. The van der Waals surface area contributed by atoms with E-state index in [2.05, 4.69) is 29.5 Å². The molecule has 0 aromatic carbocycles. The summed E-state index contributed by atoms with van der Waals surface area (Å²) >= 11 is 0. The normalized spacial score (nSPS) is 28.7. The van der Waals surface area contributed by atoms with Crippen LogP contribution in [0.1, 0.15) is 44.3 Å². The average Bonchev–Trinajstić information content (AvgIpc) is 3.13. The molecule has 1 aromatic rings. The monoisotopic (exact) mass is 248 g/mol. The Morgan fingerprint density at radius 1 is 1.33 bits per heavy atom. The van der Waals surface area contributed by atoms with Crippen molar-refractivity contribution >= 4 is 5.95 Å². The summed E-state index contributed by atoms with van der Waals surface area (Å²) in [6.07, 6.45) is 7.33. The maximum atomic E-state index is 5.85. The average molecular weight is 248 g/mol. The van der Waals surface area contributed by atoms with Gasteiger partial charge in [-0.3, -0.25) is 0 Å². The van der Waals surface area contributed by atoms with Crippen molar-refractivity contribution in [1.82, 2.24) is 9.55 Å². The van der Waals surface area contributed by atoms with Gasteiger partial charge < -0.3 is 15.2 Å². The lowest BCUT2D eigenvalue weighted by atomic mass is 9.94. The Bertz CT molecular complexity index is 421. The fourth-order valence-corrected chi connectivity index (χ4v) is 2.99. The van der Waals surface area contributed by atoms with Crippen LogP contribution < -0.4 is 10.6 Å². The number of aromatic nitrogens is 2. The van der Waals surface area contributed by atoms with Gasteiger partial charge >= 0.3 is 0 Å². The van der Waals surface area contributed by atoms with Crippen LogP contribution in [0.25, 0.3) is 0 Å². The second-order valence-electron chi connectivity index (χ2n) is 6.00. The molecule has 1 aliphatic carbocycles. The third-order valence-corrected chi connectivity index (χ3v) is 4.34. The molecule has 0 bridgehead atoms. The first kappa shape index (κ1) is 12.0. The van der Waals surface area contributed by atoms with Gasteiger partial charge in [0.05, 0.1) is 5.69 Å². The van der Waals surface area contributed by atoms with Crippen molar-refractivity contribution in [3.05, 3.63) is 11.9 Å². The first-order valence-corrected chi connectivity index (χ1v) is 7.21. The van der Waals surface area contributed by atoms with E-state index in [1.807, 2.05) is 0 Å². The molecular formula is C14H24N4. The molecule has 2 atom stereocenters. The molecule has 1 saturated carbocycles. The van der Waals surface area contributed by atoms with Gasteiger partial charge in [0.2, 0.25) is 5.95 Å². The van der Waals surface area contributed by atoms with E-state index in [9.17, 15) is 0 Å². The van der Waals surface area contributed by atoms with Gasteiger partial charge in [0.15, 0.2) is 0 Å². The van der Waals surface area contributed by atoms with E-state index in [-0.39, 0.29) is 0 Å². The van der Waals surface area contributed by atoms with Crippen molar-refractivity contribution in [3.63, 3.8) is 0 Å². The van der Waals surface area contributed by atoms with Crippen LogP contribution in [-0.2, 0) is 0 Å². The van der Waals surface area contributed by atoms with Gasteiger partial charge in [0.1, 0.15) is 0 Å². The van der Waals surface area contributed by atoms with Crippen molar-refractivity contribution in [3.8, 4) is 0 Å². The molecule has 4 heteroatoms. The third-order valence-electron chi connectivity index (χ3n) is 4.34. The van der Waals surface area contributed by atoms with Crippen LogP contribution in [0.4, 0.5) is 5.95 Å². The molecule has 2 N–H and O–H groups in total. The molecule has 0 radical (unpaired) electrons. The van der Waals surface area contributed by atoms with Crippen LogP contribution in [0.3, 0.4) is 0 Å². The molecule has 3 rings (SSSR count). The largest absolute Gasteiger partial charge is 0.339 e. The molecule has 0 amide bonds. The maximum Gasteiger partial charge on any atom is 0.206 e. The summed E-state index contributed by atoms with van der Waals surface area (Å²) in [5.41, 5.74) is 6.99. The summed E-state index contributed by atoms with van der Waals surface area (Å²) in [6, 6.07) is 1.29. The molecule has 2 heterocycles. The molecule has 2 aliphatic rings. The zero-order valence-electron chi connectivity index (χ0n) is 11.5. The van der Waals surface area contributed by atoms with Crippen LogP contribution in [-0.4, -0.2) is 28.7 Å². The Balaban J connectivity index is 1.87. The number of anilines is 1. The minimum absolute atomic E-state index is 0.590. The molecule has 1 saturated heterocycles. The number of nitrogens with two attached hydrogens (primary N) is 1. The molecule has 4 nitrogen and oxygen atoms in total. The Hall–Kier alpha value is -1.03. The van der Waals surface area contributed by atoms with Crippen LogP contribution in [0.15, 0.2) is 6.20 Å². The van der Waals surface area contributed by atoms with Crippen molar-refractivity contribution in [2.24, 2.45) is 11.7 Å². The molecule has 18 heavy (non-hydrogen) atoms. The van der Waals surface area contributed by atoms with Crippen molar-refractivity contribution < 1.29 is 0 Å². The number of aryl methyl sites for hydroxylation is 1. The van der Waals surface area contributed by atoms with Crippen LogP contribution in [0.2, 0.25) is 0 Å². The zero-order valence-corrected chi connectivity index (χ0v) is 11.5. The summed E-state index contributed by atoms with van der Waals surface area (Å²) in [5.74, 6) is 1.81. The summed E-state index contributed by atoms with van der Waals surface area (Å²) in [7, 11) is 0. The van der Waals surface area contributed by atoms with Crippen LogP contribution >= 0.6 is 0 Å². The minimum atomic E-state index is 0.590. The van der Waals surface area contributed by atoms with Crippen molar-refractivity contribution in [1.29, 1.82) is 0 Å². The number of piperidine rings is 1. The molecule has 1 aromatic heterocycles. The zero-order chi connectivity index (χ0) is 12.7. The highest BCUT2D eigenvalue weighted by Crippen LogP contribution is 2.39. The predicted octanol–water partition coefficient (Wildman–Crippen LogP) is 2.09. The number of rotatable bonds is 3. The molecule has 2 fully saturated rings. The maximum absolute atomic E-state index is 5.85.